The second kappa shape index (κ2) is 6.97. The van der Waals surface area contributed by atoms with E-state index in [9.17, 15) is 8.42 Å². The molecule has 0 unspecified atom stereocenters. The molecule has 1 rings (SSSR count). The average molecular weight is 292 g/mol. The van der Waals surface area contributed by atoms with E-state index in [-0.39, 0.29) is 12.3 Å². The number of sulfonamides is 1. The van der Waals surface area contributed by atoms with Gasteiger partial charge in [0, 0.05) is 11.6 Å². The fraction of sp³-hybridized carbons (Fsp3) is 0.500. The first-order chi connectivity index (χ1) is 8.44. The molecule has 0 aliphatic carbocycles. The lowest BCUT2D eigenvalue weighted by Gasteiger charge is -2.10. The van der Waals surface area contributed by atoms with Crippen molar-refractivity contribution in [2.45, 2.75) is 20.3 Å². The molecule has 0 amide bonds. The lowest BCUT2D eigenvalue weighted by molar-refractivity contribution is 0.320. The Morgan fingerprint density at radius 2 is 2.11 bits per heavy atom. The zero-order chi connectivity index (χ0) is 13.6. The summed E-state index contributed by atoms with van der Waals surface area (Å²) in [6, 6.07) is 5.32. The minimum absolute atomic E-state index is 0.146. The first-order valence-corrected chi connectivity index (χ1v) is 7.84. The third-order valence-electron chi connectivity index (χ3n) is 2.29. The average Bonchev–Trinajstić information content (AvgIpc) is 2.26. The third-order valence-corrected chi connectivity index (χ3v) is 4.12. The molecule has 1 N–H and O–H groups in total. The van der Waals surface area contributed by atoms with Crippen molar-refractivity contribution in [3.63, 3.8) is 0 Å². The lowest BCUT2D eigenvalue weighted by atomic mass is 10.2. The van der Waals surface area contributed by atoms with E-state index in [2.05, 4.69) is 4.72 Å². The van der Waals surface area contributed by atoms with Crippen LogP contribution in [-0.2, 0) is 10.0 Å². The van der Waals surface area contributed by atoms with Gasteiger partial charge in [-0.3, -0.25) is 0 Å². The second-order valence-corrected chi connectivity index (χ2v) is 6.33. The minimum atomic E-state index is -3.15. The highest BCUT2D eigenvalue weighted by molar-refractivity contribution is 7.89. The largest absolute Gasteiger partial charge is 0.492 e. The molecule has 0 spiro atoms. The molecule has 0 aliphatic rings. The normalized spacial score (nSPS) is 11.5. The summed E-state index contributed by atoms with van der Waals surface area (Å²) >= 11 is 5.83. The van der Waals surface area contributed by atoms with Crippen LogP contribution in [-0.4, -0.2) is 27.3 Å². The summed E-state index contributed by atoms with van der Waals surface area (Å²) in [6.07, 6.45) is 0.604. The summed E-state index contributed by atoms with van der Waals surface area (Å²) in [4.78, 5) is 0. The Hall–Kier alpha value is -0.780. The molecule has 0 aromatic heterocycles. The van der Waals surface area contributed by atoms with Crippen LogP contribution in [0.15, 0.2) is 18.2 Å². The molecule has 6 heteroatoms. The maximum atomic E-state index is 11.4. The van der Waals surface area contributed by atoms with E-state index in [1.165, 1.54) is 0 Å². The van der Waals surface area contributed by atoms with Crippen LogP contribution in [0.3, 0.4) is 0 Å². The highest BCUT2D eigenvalue weighted by Crippen LogP contribution is 2.21. The fourth-order valence-corrected chi connectivity index (χ4v) is 2.78. The Bertz CT molecular complexity index is 488. The van der Waals surface area contributed by atoms with Crippen molar-refractivity contribution in [3.8, 4) is 5.75 Å². The molecule has 18 heavy (non-hydrogen) atoms. The van der Waals surface area contributed by atoms with Crippen molar-refractivity contribution in [1.82, 2.24) is 4.72 Å². The van der Waals surface area contributed by atoms with Crippen LogP contribution in [0, 0.1) is 6.92 Å². The molecule has 0 saturated carbocycles. The summed E-state index contributed by atoms with van der Waals surface area (Å²) in [5, 5.41) is 0.656. The van der Waals surface area contributed by atoms with Gasteiger partial charge in [-0.1, -0.05) is 18.5 Å². The molecule has 102 valence electrons. The predicted octanol–water partition coefficient (Wildman–Crippen LogP) is 2.36. The molecule has 0 atom stereocenters. The van der Waals surface area contributed by atoms with Crippen LogP contribution >= 0.6 is 11.6 Å². The summed E-state index contributed by atoms with van der Waals surface area (Å²) in [5.74, 6) is 0.863. The first-order valence-electron chi connectivity index (χ1n) is 5.81. The van der Waals surface area contributed by atoms with E-state index in [1.54, 1.807) is 18.2 Å². The van der Waals surface area contributed by atoms with Crippen LogP contribution in [0.2, 0.25) is 5.02 Å². The van der Waals surface area contributed by atoms with E-state index >= 15 is 0 Å². The summed E-state index contributed by atoms with van der Waals surface area (Å²) in [5.41, 5.74) is 0.930. The maximum absolute atomic E-state index is 11.4. The number of aryl methyl sites for hydroxylation is 1. The second-order valence-electron chi connectivity index (χ2n) is 3.97. The van der Waals surface area contributed by atoms with Gasteiger partial charge >= 0.3 is 0 Å². The van der Waals surface area contributed by atoms with Crippen molar-refractivity contribution < 1.29 is 13.2 Å². The summed E-state index contributed by atoms with van der Waals surface area (Å²) < 4.78 is 30.7. The van der Waals surface area contributed by atoms with Crippen LogP contribution in [0.4, 0.5) is 0 Å². The van der Waals surface area contributed by atoms with Crippen molar-refractivity contribution in [3.05, 3.63) is 28.8 Å². The minimum Gasteiger partial charge on any atom is -0.492 e. The number of halogens is 1. The van der Waals surface area contributed by atoms with Crippen LogP contribution in [0.5, 0.6) is 5.75 Å². The number of nitrogens with one attached hydrogen (secondary N) is 1. The Morgan fingerprint density at radius 1 is 1.39 bits per heavy atom. The van der Waals surface area contributed by atoms with Gasteiger partial charge in [-0.15, -0.1) is 0 Å². The van der Waals surface area contributed by atoms with Gasteiger partial charge in [0.05, 0.1) is 5.75 Å². The van der Waals surface area contributed by atoms with E-state index in [1.807, 2.05) is 13.8 Å². The molecule has 4 nitrogen and oxygen atoms in total. The van der Waals surface area contributed by atoms with E-state index in [4.69, 9.17) is 16.3 Å². The van der Waals surface area contributed by atoms with Gasteiger partial charge in [0.25, 0.3) is 0 Å². The summed E-state index contributed by atoms with van der Waals surface area (Å²) in [6.45, 7) is 4.28. The zero-order valence-corrected chi connectivity index (χ0v) is 12.1. The molecule has 0 bridgehead atoms. The fourth-order valence-electron chi connectivity index (χ4n) is 1.47. The standard InChI is InChI=1S/C12H18ClNO3S/c1-3-8-18(15,16)14-6-7-17-12-5-4-11(13)9-10(12)2/h4-5,9,14H,3,6-8H2,1-2H3. The Labute approximate surface area is 113 Å². The summed E-state index contributed by atoms with van der Waals surface area (Å²) in [7, 11) is -3.15. The molecule has 0 aliphatic heterocycles. The topological polar surface area (TPSA) is 55.4 Å². The van der Waals surface area contributed by atoms with Crippen LogP contribution in [0.1, 0.15) is 18.9 Å². The zero-order valence-electron chi connectivity index (χ0n) is 10.6. The van der Waals surface area contributed by atoms with Crippen molar-refractivity contribution in [1.29, 1.82) is 0 Å². The van der Waals surface area contributed by atoms with Crippen LogP contribution < -0.4 is 9.46 Å². The van der Waals surface area contributed by atoms with E-state index < -0.39 is 10.0 Å². The molecule has 0 radical (unpaired) electrons. The maximum Gasteiger partial charge on any atom is 0.211 e. The number of benzene rings is 1. The Kier molecular flexibility index (Phi) is 5.91. The molecular weight excluding hydrogens is 274 g/mol. The van der Waals surface area contributed by atoms with Gasteiger partial charge in [-0.05, 0) is 37.1 Å². The van der Waals surface area contributed by atoms with Gasteiger partial charge in [-0.25, -0.2) is 13.1 Å². The molecule has 0 saturated heterocycles. The highest BCUT2D eigenvalue weighted by atomic mass is 35.5. The van der Waals surface area contributed by atoms with Gasteiger partial charge in [0.1, 0.15) is 12.4 Å². The van der Waals surface area contributed by atoms with Gasteiger partial charge < -0.3 is 4.74 Å². The predicted molar refractivity (Wildman–Crippen MR) is 73.8 cm³/mol. The monoisotopic (exact) mass is 291 g/mol. The third kappa shape index (κ3) is 5.25. The SMILES string of the molecule is CCCS(=O)(=O)NCCOc1ccc(Cl)cc1C. The van der Waals surface area contributed by atoms with Crippen LogP contribution in [0.25, 0.3) is 0 Å². The molecule has 0 heterocycles. The van der Waals surface area contributed by atoms with Crippen molar-refractivity contribution in [2.24, 2.45) is 0 Å². The molecular formula is C12H18ClNO3S. The first kappa shape index (κ1) is 15.3. The quantitative estimate of drug-likeness (QED) is 0.785. The van der Waals surface area contributed by atoms with Crippen molar-refractivity contribution >= 4 is 21.6 Å². The number of ether oxygens (including phenoxy) is 1. The Morgan fingerprint density at radius 3 is 2.72 bits per heavy atom. The van der Waals surface area contributed by atoms with E-state index in [0.717, 1.165) is 5.56 Å². The highest BCUT2D eigenvalue weighted by Gasteiger charge is 2.07. The molecule has 1 aromatic carbocycles. The van der Waals surface area contributed by atoms with Crippen molar-refractivity contribution in [2.75, 3.05) is 18.9 Å². The number of rotatable bonds is 7. The number of hydrogen-bond acceptors (Lipinski definition) is 3. The number of hydrogen-bond donors (Lipinski definition) is 1. The Balaban J connectivity index is 2.38. The molecule has 1 aromatic rings. The van der Waals surface area contributed by atoms with Gasteiger partial charge in [-0.2, -0.15) is 0 Å². The van der Waals surface area contributed by atoms with E-state index in [0.29, 0.717) is 23.8 Å². The van der Waals surface area contributed by atoms with Gasteiger partial charge in [0.2, 0.25) is 10.0 Å². The van der Waals surface area contributed by atoms with Gasteiger partial charge in [0.15, 0.2) is 0 Å². The molecule has 0 fully saturated rings. The lowest BCUT2D eigenvalue weighted by Crippen LogP contribution is -2.30. The smallest absolute Gasteiger partial charge is 0.211 e.